The fraction of sp³-hybridized carbons (Fsp3) is 0.435. The van der Waals surface area contributed by atoms with Gasteiger partial charge in [0.2, 0.25) is 0 Å². The van der Waals surface area contributed by atoms with Gasteiger partial charge in [-0.2, -0.15) is 0 Å². The summed E-state index contributed by atoms with van der Waals surface area (Å²) in [5.74, 6) is 2.10. The van der Waals surface area contributed by atoms with Crippen molar-refractivity contribution in [3.63, 3.8) is 0 Å². The Morgan fingerprint density at radius 2 is 1.97 bits per heavy atom. The molecule has 1 aromatic rings. The number of hydrogen-bond donors (Lipinski definition) is 0. The van der Waals surface area contributed by atoms with E-state index in [0.717, 1.165) is 23.1 Å². The molecule has 29 heavy (non-hydrogen) atoms. The molecule has 1 aromatic carbocycles. The van der Waals surface area contributed by atoms with Crippen LogP contribution >= 0.6 is 0 Å². The predicted molar refractivity (Wildman–Crippen MR) is 105 cm³/mol. The van der Waals surface area contributed by atoms with Gasteiger partial charge in [0, 0.05) is 23.6 Å². The fourth-order valence-corrected chi connectivity index (χ4v) is 4.67. The molecule has 6 heteroatoms. The van der Waals surface area contributed by atoms with Gasteiger partial charge in [-0.1, -0.05) is 18.2 Å². The summed E-state index contributed by atoms with van der Waals surface area (Å²) < 4.78 is 29.2. The van der Waals surface area contributed by atoms with Crippen molar-refractivity contribution in [2.75, 3.05) is 20.8 Å². The van der Waals surface area contributed by atoms with Gasteiger partial charge in [0.25, 0.3) is 0 Å². The molecule has 2 fully saturated rings. The van der Waals surface area contributed by atoms with Crippen LogP contribution < -0.4 is 14.2 Å². The lowest BCUT2D eigenvalue weighted by Gasteiger charge is -2.40. The maximum Gasteiger partial charge on any atom is 0.177 e. The van der Waals surface area contributed by atoms with E-state index in [4.69, 9.17) is 23.7 Å². The van der Waals surface area contributed by atoms with Gasteiger partial charge in [-0.15, -0.1) is 0 Å². The first-order chi connectivity index (χ1) is 14.0. The Balaban J connectivity index is 1.54. The van der Waals surface area contributed by atoms with E-state index >= 15 is 0 Å². The van der Waals surface area contributed by atoms with Crippen molar-refractivity contribution < 1.29 is 28.5 Å². The predicted octanol–water partition coefficient (Wildman–Crippen LogP) is 3.47. The monoisotopic (exact) mass is 396 g/mol. The Morgan fingerprint density at radius 3 is 2.69 bits per heavy atom. The molecule has 1 aliphatic carbocycles. The van der Waals surface area contributed by atoms with Crippen molar-refractivity contribution in [2.45, 2.75) is 44.0 Å². The van der Waals surface area contributed by atoms with E-state index in [2.05, 4.69) is 6.58 Å². The van der Waals surface area contributed by atoms with E-state index in [1.807, 2.05) is 19.1 Å². The molecule has 0 radical (unpaired) electrons. The molecule has 0 aromatic heterocycles. The average Bonchev–Trinajstić information content (AvgIpc) is 3.17. The third kappa shape index (κ3) is 2.69. The quantitative estimate of drug-likeness (QED) is 0.729. The zero-order valence-corrected chi connectivity index (χ0v) is 16.8. The summed E-state index contributed by atoms with van der Waals surface area (Å²) in [5.41, 5.74) is 3.50. The molecule has 2 saturated heterocycles. The first kappa shape index (κ1) is 18.3. The van der Waals surface area contributed by atoms with Crippen LogP contribution in [0.4, 0.5) is 0 Å². The number of methoxy groups -OCH3 is 2. The first-order valence-corrected chi connectivity index (χ1v) is 9.85. The van der Waals surface area contributed by atoms with E-state index in [1.54, 1.807) is 20.3 Å². The highest BCUT2D eigenvalue weighted by atomic mass is 16.5. The van der Waals surface area contributed by atoms with E-state index in [-0.39, 0.29) is 24.1 Å². The largest absolute Gasteiger partial charge is 0.493 e. The molecular weight excluding hydrogens is 372 g/mol. The molecule has 4 atom stereocenters. The second kappa shape index (κ2) is 6.66. The Labute approximate surface area is 169 Å². The molecule has 0 N–H and O–H groups in total. The number of benzene rings is 1. The average molecular weight is 396 g/mol. The van der Waals surface area contributed by atoms with Crippen LogP contribution in [0.5, 0.6) is 17.2 Å². The topological polar surface area (TPSA) is 63.2 Å². The number of rotatable bonds is 3. The summed E-state index contributed by atoms with van der Waals surface area (Å²) in [5, 5.41) is 0. The maximum atomic E-state index is 13.5. The number of carbonyl (C=O) groups excluding carboxylic acids is 1. The van der Waals surface area contributed by atoms with E-state index in [9.17, 15) is 4.79 Å². The summed E-state index contributed by atoms with van der Waals surface area (Å²) >= 11 is 0. The van der Waals surface area contributed by atoms with Crippen LogP contribution in [0.1, 0.15) is 31.2 Å². The number of carbonyl (C=O) groups is 1. The zero-order chi connectivity index (χ0) is 20.3. The fourth-order valence-electron chi connectivity index (χ4n) is 4.67. The Kier molecular flexibility index (Phi) is 4.21. The molecule has 0 bridgehead atoms. The Hall–Kier alpha value is -2.73. The van der Waals surface area contributed by atoms with Gasteiger partial charge in [-0.3, -0.25) is 4.79 Å². The summed E-state index contributed by atoms with van der Waals surface area (Å²) in [6.45, 7) is 6.29. The standard InChI is InChI=1S/C23H24O6/c1-11(2)16-8-14-15(28-16)6-5-12-22(24)21-13-7-18(25-3)19(26-4)9-17(13)27-10-20(21)29-23(12)14/h5,7,9,15-16,20-21H,1,6,8,10H2,2-4H3/t15?,16?,20-,21+/m1/s1. The summed E-state index contributed by atoms with van der Waals surface area (Å²) in [6, 6.07) is 3.60. The van der Waals surface area contributed by atoms with Crippen LogP contribution in [0.2, 0.25) is 0 Å². The van der Waals surface area contributed by atoms with Gasteiger partial charge >= 0.3 is 0 Å². The normalized spacial score (nSPS) is 29.5. The minimum atomic E-state index is -0.426. The minimum Gasteiger partial charge on any atom is -0.493 e. The summed E-state index contributed by atoms with van der Waals surface area (Å²) in [6.07, 6.45) is 2.92. The number of hydrogen-bond acceptors (Lipinski definition) is 6. The molecule has 152 valence electrons. The maximum absolute atomic E-state index is 13.5. The van der Waals surface area contributed by atoms with Gasteiger partial charge in [-0.05, 0) is 19.4 Å². The van der Waals surface area contributed by atoms with Crippen molar-refractivity contribution in [2.24, 2.45) is 0 Å². The van der Waals surface area contributed by atoms with Crippen LogP contribution in [0.25, 0.3) is 0 Å². The lowest BCUT2D eigenvalue weighted by molar-refractivity contribution is -0.124. The molecule has 2 unspecified atom stereocenters. The van der Waals surface area contributed by atoms with Crippen molar-refractivity contribution in [3.05, 3.63) is 52.8 Å². The van der Waals surface area contributed by atoms with E-state index in [1.165, 1.54) is 0 Å². The number of fused-ring (bicyclic) bond motifs is 5. The molecule has 3 heterocycles. The van der Waals surface area contributed by atoms with E-state index < -0.39 is 5.92 Å². The number of allylic oxidation sites excluding steroid dienone is 1. The van der Waals surface area contributed by atoms with Crippen molar-refractivity contribution >= 4 is 5.78 Å². The molecule has 4 aliphatic rings. The van der Waals surface area contributed by atoms with Gasteiger partial charge in [0.15, 0.2) is 17.3 Å². The van der Waals surface area contributed by atoms with Gasteiger partial charge in [-0.25, -0.2) is 0 Å². The Bertz CT molecular complexity index is 972. The third-order valence-electron chi connectivity index (χ3n) is 6.19. The van der Waals surface area contributed by atoms with Crippen LogP contribution in [-0.4, -0.2) is 44.9 Å². The van der Waals surface area contributed by atoms with Crippen molar-refractivity contribution in [3.8, 4) is 17.2 Å². The smallest absolute Gasteiger partial charge is 0.177 e. The lowest BCUT2D eigenvalue weighted by atomic mass is 9.78. The number of Topliss-reactive ketones (excluding diaryl/α,β-unsaturated/α-hetero) is 1. The molecule has 0 saturated carbocycles. The molecule has 6 nitrogen and oxygen atoms in total. The molecule has 5 rings (SSSR count). The second-order valence-corrected chi connectivity index (χ2v) is 7.93. The molecule has 3 aliphatic heterocycles. The SMILES string of the molecule is C=C(C)C1CC2=C3O[C@@H]4COc5cc(OC)c(OC)cc5[C@@H]4C(=O)C3=CCC2O1. The van der Waals surface area contributed by atoms with Crippen LogP contribution in [-0.2, 0) is 14.3 Å². The van der Waals surface area contributed by atoms with Crippen molar-refractivity contribution in [1.29, 1.82) is 0 Å². The minimum absolute atomic E-state index is 0.0215. The number of ether oxygens (including phenoxy) is 5. The van der Waals surface area contributed by atoms with Crippen LogP contribution in [0.3, 0.4) is 0 Å². The van der Waals surface area contributed by atoms with Crippen LogP contribution in [0, 0.1) is 0 Å². The van der Waals surface area contributed by atoms with E-state index in [0.29, 0.717) is 41.6 Å². The summed E-state index contributed by atoms with van der Waals surface area (Å²) in [4.78, 5) is 13.5. The third-order valence-corrected chi connectivity index (χ3v) is 6.19. The lowest BCUT2D eigenvalue weighted by Crippen LogP contribution is -2.43. The number of ketones is 1. The van der Waals surface area contributed by atoms with Gasteiger partial charge in [0.1, 0.15) is 24.2 Å². The van der Waals surface area contributed by atoms with Crippen LogP contribution in [0.15, 0.2) is 47.3 Å². The highest BCUT2D eigenvalue weighted by Gasteiger charge is 2.48. The molecular formula is C23H24O6. The zero-order valence-electron chi connectivity index (χ0n) is 16.8. The highest BCUT2D eigenvalue weighted by Crippen LogP contribution is 2.49. The molecule has 0 spiro atoms. The van der Waals surface area contributed by atoms with Gasteiger partial charge < -0.3 is 23.7 Å². The molecule has 0 amide bonds. The summed E-state index contributed by atoms with van der Waals surface area (Å²) in [7, 11) is 3.16. The van der Waals surface area contributed by atoms with Gasteiger partial charge in [0.05, 0.1) is 37.9 Å². The van der Waals surface area contributed by atoms with Crippen molar-refractivity contribution in [1.82, 2.24) is 0 Å². The first-order valence-electron chi connectivity index (χ1n) is 9.85. The highest BCUT2D eigenvalue weighted by molar-refractivity contribution is 6.06. The Morgan fingerprint density at radius 1 is 1.21 bits per heavy atom. The second-order valence-electron chi connectivity index (χ2n) is 7.93.